The fraction of sp³-hybridized carbons (Fsp3) is 0.714. The molecule has 1 unspecified atom stereocenters. The number of aryl methyl sites for hydroxylation is 1. The highest BCUT2D eigenvalue weighted by Gasteiger charge is 2.51. The molecule has 2 rings (SSSR count). The van der Waals surface area contributed by atoms with Crippen LogP contribution in [0.2, 0.25) is 0 Å². The standard InChI is InChI=1S/C14H21N5O3/c1-5-14(6-2)9(4)10(17-18-15)12(22-14)19-7-8(3)11(20)16-13(19)21/h7,9-10,12H,5-6H2,1-4H3,(H,16,20,21)/t9?,10-,12+/m0/s1. The van der Waals surface area contributed by atoms with Crippen molar-refractivity contribution in [1.82, 2.24) is 9.55 Å². The quantitative estimate of drug-likeness (QED) is 0.522. The second-order valence-corrected chi connectivity index (χ2v) is 5.74. The zero-order valence-electron chi connectivity index (χ0n) is 13.2. The molecule has 1 N–H and O–H groups in total. The SMILES string of the molecule is CCC1(CC)O[C@@H](n2cc(C)c(=O)[nH]c2=O)[C@@H](N=[N+]=[N-])C1C. The number of rotatable bonds is 4. The number of azide groups is 1. The normalized spacial score (nSPS) is 26.6. The van der Waals surface area contributed by atoms with Crippen LogP contribution in [0.5, 0.6) is 0 Å². The molecular formula is C14H21N5O3. The minimum atomic E-state index is -0.714. The van der Waals surface area contributed by atoms with Gasteiger partial charge in [0.2, 0.25) is 0 Å². The Morgan fingerprint density at radius 2 is 2.09 bits per heavy atom. The summed E-state index contributed by atoms with van der Waals surface area (Å²) in [4.78, 5) is 28.8. The van der Waals surface area contributed by atoms with E-state index in [9.17, 15) is 9.59 Å². The van der Waals surface area contributed by atoms with Gasteiger partial charge in [0.25, 0.3) is 5.56 Å². The van der Waals surface area contributed by atoms with Gasteiger partial charge in [-0.15, -0.1) is 0 Å². The van der Waals surface area contributed by atoms with Gasteiger partial charge < -0.3 is 4.74 Å². The van der Waals surface area contributed by atoms with E-state index in [1.165, 1.54) is 10.8 Å². The highest BCUT2D eigenvalue weighted by atomic mass is 16.5. The molecule has 1 aromatic rings. The molecule has 1 aliphatic heterocycles. The lowest BCUT2D eigenvalue weighted by atomic mass is 9.82. The van der Waals surface area contributed by atoms with E-state index in [4.69, 9.17) is 10.3 Å². The van der Waals surface area contributed by atoms with Gasteiger partial charge in [0.15, 0.2) is 0 Å². The summed E-state index contributed by atoms with van der Waals surface area (Å²) in [5.74, 6) is -0.0393. The number of hydrogen-bond acceptors (Lipinski definition) is 4. The van der Waals surface area contributed by atoms with Crippen LogP contribution >= 0.6 is 0 Å². The molecule has 0 aliphatic carbocycles. The van der Waals surface area contributed by atoms with Crippen LogP contribution in [0.25, 0.3) is 10.4 Å². The van der Waals surface area contributed by atoms with E-state index in [0.29, 0.717) is 5.56 Å². The van der Waals surface area contributed by atoms with Crippen LogP contribution in [0, 0.1) is 12.8 Å². The molecule has 22 heavy (non-hydrogen) atoms. The third-order valence-electron chi connectivity index (χ3n) is 4.79. The Morgan fingerprint density at radius 1 is 1.45 bits per heavy atom. The summed E-state index contributed by atoms with van der Waals surface area (Å²) < 4.78 is 7.48. The Morgan fingerprint density at radius 3 is 2.64 bits per heavy atom. The van der Waals surface area contributed by atoms with Gasteiger partial charge in [-0.2, -0.15) is 0 Å². The minimum absolute atomic E-state index is 0.0393. The molecule has 0 aromatic carbocycles. The number of aromatic nitrogens is 2. The predicted octanol–water partition coefficient (Wildman–Crippen LogP) is 2.25. The first kappa shape index (κ1) is 16.3. The topological polar surface area (TPSA) is 113 Å². The monoisotopic (exact) mass is 307 g/mol. The van der Waals surface area contributed by atoms with E-state index < -0.39 is 29.1 Å². The number of nitrogens with zero attached hydrogens (tertiary/aromatic N) is 4. The molecule has 120 valence electrons. The molecule has 1 aliphatic rings. The van der Waals surface area contributed by atoms with Gasteiger partial charge in [0.05, 0.1) is 11.6 Å². The lowest BCUT2D eigenvalue weighted by molar-refractivity contribution is -0.0900. The molecule has 3 atom stereocenters. The molecular weight excluding hydrogens is 286 g/mol. The van der Waals surface area contributed by atoms with Crippen molar-refractivity contribution in [1.29, 1.82) is 0 Å². The molecule has 0 radical (unpaired) electrons. The largest absolute Gasteiger partial charge is 0.351 e. The summed E-state index contributed by atoms with van der Waals surface area (Å²) in [6.07, 6.45) is 2.24. The van der Waals surface area contributed by atoms with E-state index in [0.717, 1.165) is 12.8 Å². The predicted molar refractivity (Wildman–Crippen MR) is 81.6 cm³/mol. The van der Waals surface area contributed by atoms with Gasteiger partial charge in [0, 0.05) is 16.7 Å². The highest BCUT2D eigenvalue weighted by Crippen LogP contribution is 2.46. The molecule has 8 nitrogen and oxygen atoms in total. The van der Waals surface area contributed by atoms with Crippen LogP contribution in [0.3, 0.4) is 0 Å². The first-order chi connectivity index (χ1) is 10.4. The van der Waals surface area contributed by atoms with Gasteiger partial charge in [-0.3, -0.25) is 14.3 Å². The number of nitrogens with one attached hydrogen (secondary N) is 1. The van der Waals surface area contributed by atoms with Crippen LogP contribution in [-0.2, 0) is 4.74 Å². The molecule has 0 amide bonds. The molecule has 0 saturated carbocycles. The summed E-state index contributed by atoms with van der Waals surface area (Å²) in [5, 5.41) is 3.85. The van der Waals surface area contributed by atoms with Gasteiger partial charge in [-0.25, -0.2) is 4.79 Å². The number of hydrogen-bond donors (Lipinski definition) is 1. The fourth-order valence-corrected chi connectivity index (χ4v) is 3.25. The summed E-state index contributed by atoms with van der Waals surface area (Å²) in [6, 6.07) is -0.507. The molecule has 8 heteroatoms. The van der Waals surface area contributed by atoms with Crippen molar-refractivity contribution in [2.75, 3.05) is 0 Å². The van der Waals surface area contributed by atoms with Crippen LogP contribution in [-0.4, -0.2) is 21.2 Å². The van der Waals surface area contributed by atoms with Crippen LogP contribution in [0.4, 0.5) is 0 Å². The third-order valence-corrected chi connectivity index (χ3v) is 4.79. The average molecular weight is 307 g/mol. The highest BCUT2D eigenvalue weighted by molar-refractivity contribution is 5.06. The van der Waals surface area contributed by atoms with E-state index in [-0.39, 0.29) is 5.92 Å². The Balaban J connectivity index is 2.58. The van der Waals surface area contributed by atoms with E-state index in [1.807, 2.05) is 20.8 Å². The molecule has 0 bridgehead atoms. The Labute approximate surface area is 127 Å². The van der Waals surface area contributed by atoms with Gasteiger partial charge in [-0.05, 0) is 31.2 Å². The molecule has 1 fully saturated rings. The Bertz CT molecular complexity index is 712. The smallest absolute Gasteiger partial charge is 0.330 e. The lowest BCUT2D eigenvalue weighted by Crippen LogP contribution is -2.36. The molecule has 0 spiro atoms. The maximum atomic E-state index is 12.1. The Kier molecular flexibility index (Phi) is 4.44. The fourth-order valence-electron chi connectivity index (χ4n) is 3.25. The van der Waals surface area contributed by atoms with Crippen molar-refractivity contribution < 1.29 is 4.74 Å². The maximum Gasteiger partial charge on any atom is 0.330 e. The third kappa shape index (κ3) is 2.44. The van der Waals surface area contributed by atoms with Gasteiger partial charge >= 0.3 is 5.69 Å². The van der Waals surface area contributed by atoms with Crippen LogP contribution < -0.4 is 11.2 Å². The zero-order chi connectivity index (χ0) is 16.5. The van der Waals surface area contributed by atoms with Crippen molar-refractivity contribution in [3.05, 3.63) is 43.0 Å². The van der Waals surface area contributed by atoms with Crippen molar-refractivity contribution >= 4 is 0 Å². The van der Waals surface area contributed by atoms with Crippen molar-refractivity contribution in [2.24, 2.45) is 11.0 Å². The summed E-state index contributed by atoms with van der Waals surface area (Å²) in [7, 11) is 0. The second-order valence-electron chi connectivity index (χ2n) is 5.74. The van der Waals surface area contributed by atoms with E-state index in [2.05, 4.69) is 15.0 Å². The molecule has 2 heterocycles. The molecule has 1 saturated heterocycles. The zero-order valence-corrected chi connectivity index (χ0v) is 13.2. The first-order valence-corrected chi connectivity index (χ1v) is 7.44. The Hall–Kier alpha value is -2.05. The van der Waals surface area contributed by atoms with Crippen LogP contribution in [0.1, 0.15) is 45.4 Å². The summed E-state index contributed by atoms with van der Waals surface area (Å²) in [5.41, 5.74) is 7.82. The van der Waals surface area contributed by atoms with Crippen molar-refractivity contribution in [3.63, 3.8) is 0 Å². The number of H-pyrrole nitrogens is 1. The minimum Gasteiger partial charge on any atom is -0.351 e. The second kappa shape index (κ2) is 5.98. The van der Waals surface area contributed by atoms with Gasteiger partial charge in [0.1, 0.15) is 6.23 Å². The maximum absolute atomic E-state index is 12.1. The number of ether oxygens (including phenoxy) is 1. The molecule has 1 aromatic heterocycles. The van der Waals surface area contributed by atoms with Crippen molar-refractivity contribution in [3.8, 4) is 0 Å². The van der Waals surface area contributed by atoms with E-state index >= 15 is 0 Å². The van der Waals surface area contributed by atoms with Crippen LogP contribution in [0.15, 0.2) is 20.9 Å². The lowest BCUT2D eigenvalue weighted by Gasteiger charge is -2.31. The first-order valence-electron chi connectivity index (χ1n) is 7.44. The average Bonchev–Trinajstić information content (AvgIpc) is 2.77. The number of aromatic amines is 1. The summed E-state index contributed by atoms with van der Waals surface area (Å²) >= 11 is 0. The summed E-state index contributed by atoms with van der Waals surface area (Å²) in [6.45, 7) is 7.60. The van der Waals surface area contributed by atoms with Gasteiger partial charge in [-0.1, -0.05) is 25.9 Å². The van der Waals surface area contributed by atoms with Crippen molar-refractivity contribution in [2.45, 2.75) is 58.4 Å². The van der Waals surface area contributed by atoms with E-state index in [1.54, 1.807) is 6.92 Å².